The summed E-state index contributed by atoms with van der Waals surface area (Å²) in [5, 5.41) is 11.0. The number of likely N-dealkylation sites (tertiary alicyclic amines) is 1. The molecule has 1 aromatic carbocycles. The summed E-state index contributed by atoms with van der Waals surface area (Å²) in [6.45, 7) is 2.42. The van der Waals surface area contributed by atoms with Crippen molar-refractivity contribution < 1.29 is 14.6 Å². The third-order valence-corrected chi connectivity index (χ3v) is 4.61. The molecule has 1 saturated heterocycles. The molecule has 0 bridgehead atoms. The third kappa shape index (κ3) is 1.16. The molecule has 0 unspecified atom stereocenters. The van der Waals surface area contributed by atoms with Gasteiger partial charge in [-0.05, 0) is 30.7 Å². The lowest BCUT2D eigenvalue weighted by atomic mass is 9.78. The minimum Gasteiger partial charge on any atom is -0.497 e. The van der Waals surface area contributed by atoms with E-state index in [0.717, 1.165) is 17.0 Å². The molecule has 0 saturated carbocycles. The predicted molar refractivity (Wildman–Crippen MR) is 71.3 cm³/mol. The van der Waals surface area contributed by atoms with Gasteiger partial charge in [0.15, 0.2) is 0 Å². The fourth-order valence-corrected chi connectivity index (χ4v) is 3.50. The standard InChI is InChI=1S/C14H18N2O3/c1-13-8-15(2)12(17)14(13,18)16(3)11-6-5-9(19-4)7-10(11)13/h5-7,18H,8H2,1-4H3/t13-,14+/m1/s1. The summed E-state index contributed by atoms with van der Waals surface area (Å²) in [4.78, 5) is 15.6. The molecule has 0 aromatic heterocycles. The maximum atomic E-state index is 12.4. The number of methoxy groups -OCH3 is 1. The Bertz CT molecular complexity index is 574. The van der Waals surface area contributed by atoms with Crippen molar-refractivity contribution in [1.29, 1.82) is 0 Å². The van der Waals surface area contributed by atoms with E-state index >= 15 is 0 Å². The van der Waals surface area contributed by atoms with E-state index < -0.39 is 11.1 Å². The Hall–Kier alpha value is -1.75. The van der Waals surface area contributed by atoms with Gasteiger partial charge in [0.05, 0.1) is 12.5 Å². The molecule has 0 radical (unpaired) electrons. The highest BCUT2D eigenvalue weighted by atomic mass is 16.5. The number of carbonyl (C=O) groups is 1. The normalized spacial score (nSPS) is 32.6. The van der Waals surface area contributed by atoms with E-state index in [2.05, 4.69) is 0 Å². The Morgan fingerprint density at radius 2 is 2.05 bits per heavy atom. The van der Waals surface area contributed by atoms with Gasteiger partial charge in [-0.2, -0.15) is 0 Å². The van der Waals surface area contributed by atoms with Gasteiger partial charge in [-0.25, -0.2) is 0 Å². The number of rotatable bonds is 1. The lowest BCUT2D eigenvalue weighted by molar-refractivity contribution is -0.144. The first kappa shape index (κ1) is 12.3. The van der Waals surface area contributed by atoms with E-state index in [0.29, 0.717) is 6.54 Å². The molecule has 1 fully saturated rings. The highest BCUT2D eigenvalue weighted by Crippen LogP contribution is 2.54. The molecule has 2 aliphatic heterocycles. The summed E-state index contributed by atoms with van der Waals surface area (Å²) in [7, 11) is 5.09. The van der Waals surface area contributed by atoms with Crippen LogP contribution in [0.15, 0.2) is 18.2 Å². The number of benzene rings is 1. The number of anilines is 1. The van der Waals surface area contributed by atoms with Crippen LogP contribution in [0, 0.1) is 0 Å². The molecule has 19 heavy (non-hydrogen) atoms. The number of carbonyl (C=O) groups excluding carboxylic acids is 1. The van der Waals surface area contributed by atoms with Crippen LogP contribution in [0.3, 0.4) is 0 Å². The Morgan fingerprint density at radius 1 is 1.37 bits per heavy atom. The van der Waals surface area contributed by atoms with Crippen LogP contribution in [0.25, 0.3) is 0 Å². The zero-order valence-corrected chi connectivity index (χ0v) is 11.6. The van der Waals surface area contributed by atoms with Crippen molar-refractivity contribution in [1.82, 2.24) is 4.90 Å². The van der Waals surface area contributed by atoms with E-state index in [1.54, 1.807) is 31.0 Å². The van der Waals surface area contributed by atoms with Gasteiger partial charge in [0.2, 0.25) is 5.72 Å². The van der Waals surface area contributed by atoms with Gasteiger partial charge in [0.1, 0.15) is 5.75 Å². The number of hydrogen-bond acceptors (Lipinski definition) is 4. The highest BCUT2D eigenvalue weighted by Gasteiger charge is 2.68. The second-order valence-corrected chi connectivity index (χ2v) is 5.61. The number of nitrogens with zero attached hydrogens (tertiary/aromatic N) is 2. The van der Waals surface area contributed by atoms with Crippen LogP contribution in [0.4, 0.5) is 5.69 Å². The molecule has 2 atom stereocenters. The predicted octanol–water partition coefficient (Wildman–Crippen LogP) is 0.563. The fourth-order valence-electron chi connectivity index (χ4n) is 3.50. The molecular weight excluding hydrogens is 244 g/mol. The highest BCUT2D eigenvalue weighted by molar-refractivity contribution is 5.96. The molecule has 5 heteroatoms. The van der Waals surface area contributed by atoms with E-state index in [1.807, 2.05) is 25.1 Å². The van der Waals surface area contributed by atoms with Crippen LogP contribution >= 0.6 is 0 Å². The zero-order valence-electron chi connectivity index (χ0n) is 11.6. The number of ether oxygens (including phenoxy) is 1. The Morgan fingerprint density at radius 3 is 2.68 bits per heavy atom. The number of fused-ring (bicyclic) bond motifs is 3. The first-order valence-electron chi connectivity index (χ1n) is 6.26. The number of likely N-dealkylation sites (N-methyl/N-ethyl adjacent to an activating group) is 2. The number of amides is 1. The fraction of sp³-hybridized carbons (Fsp3) is 0.500. The lowest BCUT2D eigenvalue weighted by Crippen LogP contribution is -2.58. The summed E-state index contributed by atoms with van der Waals surface area (Å²) >= 11 is 0. The molecular formula is C14H18N2O3. The van der Waals surface area contributed by atoms with E-state index in [1.165, 1.54) is 0 Å². The van der Waals surface area contributed by atoms with Crippen LogP contribution in [0.5, 0.6) is 5.75 Å². The molecule has 2 aliphatic rings. The molecule has 102 valence electrons. The first-order chi connectivity index (χ1) is 8.86. The van der Waals surface area contributed by atoms with Gasteiger partial charge in [-0.15, -0.1) is 0 Å². The number of aliphatic hydroxyl groups is 1. The van der Waals surface area contributed by atoms with Crippen molar-refractivity contribution in [2.45, 2.75) is 18.1 Å². The van der Waals surface area contributed by atoms with Gasteiger partial charge in [-0.3, -0.25) is 4.79 Å². The molecule has 2 heterocycles. The molecule has 1 amide bonds. The molecule has 1 aromatic rings. The average molecular weight is 262 g/mol. The van der Waals surface area contributed by atoms with Crippen molar-refractivity contribution in [2.24, 2.45) is 0 Å². The second kappa shape index (κ2) is 3.42. The first-order valence-corrected chi connectivity index (χ1v) is 6.26. The Labute approximate surface area is 112 Å². The maximum absolute atomic E-state index is 12.4. The molecule has 0 spiro atoms. The summed E-state index contributed by atoms with van der Waals surface area (Å²) in [5.41, 5.74) is -0.310. The van der Waals surface area contributed by atoms with Crippen molar-refractivity contribution in [3.05, 3.63) is 23.8 Å². The summed E-state index contributed by atoms with van der Waals surface area (Å²) in [5.74, 6) is 0.479. The minimum atomic E-state index is -1.50. The van der Waals surface area contributed by atoms with Crippen molar-refractivity contribution in [3.8, 4) is 5.75 Å². The quantitative estimate of drug-likeness (QED) is 0.803. The SMILES string of the molecule is COc1ccc2c(c1)[C@@]1(C)CN(C)C(=O)[C@@]1(O)N2C. The summed E-state index contributed by atoms with van der Waals surface area (Å²) in [6, 6.07) is 5.65. The van der Waals surface area contributed by atoms with Gasteiger partial charge < -0.3 is 19.6 Å². The third-order valence-electron chi connectivity index (χ3n) is 4.61. The van der Waals surface area contributed by atoms with Gasteiger partial charge >= 0.3 is 0 Å². The molecule has 0 aliphatic carbocycles. The largest absolute Gasteiger partial charge is 0.497 e. The molecule has 5 nitrogen and oxygen atoms in total. The minimum absolute atomic E-state index is 0.257. The van der Waals surface area contributed by atoms with E-state index in [9.17, 15) is 9.90 Å². The van der Waals surface area contributed by atoms with Gasteiger partial charge in [-0.1, -0.05) is 0 Å². The van der Waals surface area contributed by atoms with Crippen LogP contribution in [0.2, 0.25) is 0 Å². The van der Waals surface area contributed by atoms with Crippen LogP contribution in [-0.2, 0) is 10.2 Å². The topological polar surface area (TPSA) is 53.0 Å². The van der Waals surface area contributed by atoms with Crippen LogP contribution in [0.1, 0.15) is 12.5 Å². The summed E-state index contributed by atoms with van der Waals surface area (Å²) in [6.07, 6.45) is 0. The average Bonchev–Trinajstić information content (AvgIpc) is 2.69. The van der Waals surface area contributed by atoms with Crippen LogP contribution in [-0.4, -0.2) is 49.4 Å². The van der Waals surface area contributed by atoms with Gasteiger partial charge in [0.25, 0.3) is 5.91 Å². The van der Waals surface area contributed by atoms with Gasteiger partial charge in [0, 0.05) is 26.3 Å². The lowest BCUT2D eigenvalue weighted by Gasteiger charge is -2.34. The zero-order chi connectivity index (χ0) is 14.0. The number of hydrogen-bond donors (Lipinski definition) is 1. The Kier molecular flexibility index (Phi) is 2.21. The van der Waals surface area contributed by atoms with Crippen molar-refractivity contribution in [3.63, 3.8) is 0 Å². The van der Waals surface area contributed by atoms with E-state index in [-0.39, 0.29) is 5.91 Å². The van der Waals surface area contributed by atoms with Crippen LogP contribution < -0.4 is 9.64 Å². The second-order valence-electron chi connectivity index (χ2n) is 5.61. The van der Waals surface area contributed by atoms with Crippen molar-refractivity contribution >= 4 is 11.6 Å². The monoisotopic (exact) mass is 262 g/mol. The van der Waals surface area contributed by atoms with E-state index in [4.69, 9.17) is 4.74 Å². The smallest absolute Gasteiger partial charge is 0.276 e. The Balaban J connectivity index is 2.26. The molecule has 1 N–H and O–H groups in total. The summed E-state index contributed by atoms with van der Waals surface area (Å²) < 4.78 is 5.26. The van der Waals surface area contributed by atoms with Crippen molar-refractivity contribution in [2.75, 3.05) is 32.6 Å². The maximum Gasteiger partial charge on any atom is 0.276 e. The molecule has 3 rings (SSSR count).